The highest BCUT2D eigenvalue weighted by atomic mass is 35.5. The number of hydrogen-bond acceptors (Lipinski definition) is 16. The van der Waals surface area contributed by atoms with Crippen LogP contribution in [0.1, 0.15) is 130 Å². The van der Waals surface area contributed by atoms with Crippen molar-refractivity contribution in [3.05, 3.63) is 294 Å². The Labute approximate surface area is 954 Å². The van der Waals surface area contributed by atoms with Crippen LogP contribution in [0.3, 0.4) is 0 Å². The zero-order chi connectivity index (χ0) is 104. The fourth-order valence-corrected chi connectivity index (χ4v) is 96.4. The van der Waals surface area contributed by atoms with Crippen molar-refractivity contribution in [2.75, 3.05) is 7.05 Å². The normalized spacial score (nSPS) is 11.3. The van der Waals surface area contributed by atoms with Gasteiger partial charge in [-0.3, -0.25) is 46.5 Å². The SMILES string of the molecule is CCCC(C)Cc1c(-c2ccc(OP(=O)(O)O)c(Cl)c2)c(C(N)=O)c(CCc2ccc(Cl)cc2)n1COP(=O)(O)O.CCCC(C)Cc1c(-c2ccc(OP(=O)(OCc3ccccc3)OCc3ccccc3)c(Cl)c2)c(C(=O)NC)c(CCc2ccc(Cl)cc2)n1COP(=O)(OCc1ccccc1)OCc1ccccc1.S=S=S=S=S=S=S=S=S=S=S=S=S=S=S=S=S=S=S=S=S=S=S=S=S=S=S=S=S=S=S=S=S. The lowest BCUT2D eigenvalue weighted by Crippen LogP contribution is -2.21. The predicted octanol–water partition coefficient (Wildman–Crippen LogP) is 20.8. The maximum Gasteiger partial charge on any atom is 0.530 e. The summed E-state index contributed by atoms with van der Waals surface area (Å²) in [4.78, 5) is 64.9. The number of benzene rings is 8. The molecule has 0 bridgehead atoms. The Bertz CT molecular complexity index is 7660. The molecule has 0 radical (unpaired) electrons. The van der Waals surface area contributed by atoms with Crippen LogP contribution in [0.25, 0.3) is 22.3 Å². The third-order valence-corrected chi connectivity index (χ3v) is 90.0. The molecule has 0 saturated heterocycles. The number of phosphoric ester groups is 4. The van der Waals surface area contributed by atoms with Crippen LogP contribution in [0.4, 0.5) is 0 Å². The third-order valence-electron chi connectivity index (χ3n) is 18.8. The summed E-state index contributed by atoms with van der Waals surface area (Å²) < 4.78 is 102. The quantitative estimate of drug-likeness (QED) is 0.0194. The Hall–Kier alpha value is -0.200. The molecule has 7 N–H and O–H groups in total. The molecule has 144 heavy (non-hydrogen) atoms. The molecule has 0 fully saturated rings. The Morgan fingerprint density at radius 1 is 0.368 bits per heavy atom. The minimum Gasteiger partial charge on any atom is -0.403 e. The van der Waals surface area contributed by atoms with Crippen LogP contribution in [-0.4, -0.2) is 47.6 Å². The number of nitrogens with zero attached hydrogens (tertiary/aromatic N) is 2. The average molecular weight is 2730 g/mol. The first-order valence-corrected chi connectivity index (χ1v) is 91.4. The molecular formula is C81H90Cl4N4O18P4S33. The zero-order valence-corrected chi connectivity index (χ0v) is 109. The third kappa shape index (κ3) is 50.6. The van der Waals surface area contributed by atoms with E-state index < -0.39 is 43.9 Å². The van der Waals surface area contributed by atoms with Crippen LogP contribution < -0.4 is 20.1 Å². The van der Waals surface area contributed by atoms with E-state index in [0.717, 1.165) is 64.8 Å². The summed E-state index contributed by atoms with van der Waals surface area (Å²) in [5, 5.41) is 4.01. The number of rotatable bonds is 40. The first-order chi connectivity index (χ1) is 69.4. The van der Waals surface area contributed by atoms with E-state index in [0.29, 0.717) is 87.0 Å². The number of primary amides is 1. The summed E-state index contributed by atoms with van der Waals surface area (Å²) in [6.07, 6.45) is 6.00. The van der Waals surface area contributed by atoms with Gasteiger partial charge in [0, 0.05) is 349 Å². The summed E-state index contributed by atoms with van der Waals surface area (Å²) in [5.74, 6) is -1.11. The Morgan fingerprint density at radius 2 is 0.667 bits per heavy atom. The highest BCUT2D eigenvalue weighted by molar-refractivity contribution is 8.80. The van der Waals surface area contributed by atoms with Crippen molar-refractivity contribution >= 4 is 387 Å². The van der Waals surface area contributed by atoms with Gasteiger partial charge in [-0.1, -0.05) is 258 Å². The molecule has 10 aromatic rings. The van der Waals surface area contributed by atoms with Gasteiger partial charge in [0.05, 0.1) is 47.6 Å². The molecule has 2 unspecified atom stereocenters. The summed E-state index contributed by atoms with van der Waals surface area (Å²) in [6, 6.07) is 61.2. The molecule has 0 saturated carbocycles. The van der Waals surface area contributed by atoms with Crippen molar-refractivity contribution in [3.8, 4) is 33.8 Å². The van der Waals surface area contributed by atoms with Gasteiger partial charge >= 0.3 is 31.3 Å². The van der Waals surface area contributed by atoms with Gasteiger partial charge in [-0.2, -0.15) is 0 Å². The smallest absolute Gasteiger partial charge is 0.403 e. The van der Waals surface area contributed by atoms with Crippen molar-refractivity contribution < 1.29 is 83.6 Å². The number of carbonyl (C=O) groups is 2. The number of carbonyl (C=O) groups excluding carboxylic acids is 2. The lowest BCUT2D eigenvalue weighted by atomic mass is 9.93. The van der Waals surface area contributed by atoms with E-state index in [2.05, 4.69) is 23.7 Å². The van der Waals surface area contributed by atoms with Gasteiger partial charge in [0.25, 0.3) is 11.8 Å². The van der Waals surface area contributed by atoms with E-state index in [-0.39, 0.29) is 84.4 Å². The maximum atomic E-state index is 14.8. The number of hydrogen-bond donors (Lipinski definition) is 6. The van der Waals surface area contributed by atoms with E-state index in [1.54, 1.807) is 149 Å². The number of nitrogens with two attached hydrogens (primary N) is 1. The lowest BCUT2D eigenvalue weighted by molar-refractivity contribution is 0.0791. The fourth-order valence-electron chi connectivity index (χ4n) is 13.0. The van der Waals surface area contributed by atoms with Crippen molar-refractivity contribution in [1.82, 2.24) is 14.5 Å². The molecule has 788 valence electrons. The molecule has 2 amide bonds. The minimum absolute atomic E-state index is 0.0361. The second-order valence-electron chi connectivity index (χ2n) is 28.5. The van der Waals surface area contributed by atoms with Gasteiger partial charge in [0.1, 0.15) is 25.0 Å². The van der Waals surface area contributed by atoms with Crippen LogP contribution in [0.5, 0.6) is 11.5 Å². The monoisotopic (exact) mass is 2730 g/mol. The number of phosphoric acid groups is 4. The molecule has 22 nitrogen and oxygen atoms in total. The average Bonchev–Trinajstić information content (AvgIpc) is 1.60. The molecule has 0 aliphatic rings. The van der Waals surface area contributed by atoms with E-state index in [1.165, 1.54) is 36.0 Å². The molecule has 2 heterocycles. The Balaban J connectivity index is 0.000000291. The summed E-state index contributed by atoms with van der Waals surface area (Å²) >= 11 is 35.3. The van der Waals surface area contributed by atoms with Gasteiger partial charge < -0.3 is 39.0 Å². The van der Waals surface area contributed by atoms with Crippen molar-refractivity contribution in [2.45, 2.75) is 132 Å². The molecule has 8 aromatic carbocycles. The molecule has 2 atom stereocenters. The lowest BCUT2D eigenvalue weighted by Gasteiger charge is -2.22. The van der Waals surface area contributed by atoms with Gasteiger partial charge in [0.2, 0.25) is 0 Å². The van der Waals surface area contributed by atoms with E-state index in [1.807, 2.05) is 327 Å². The molecule has 0 spiro atoms. The van der Waals surface area contributed by atoms with Crippen LogP contribution in [0, 0.1) is 11.8 Å². The molecule has 63 heteroatoms. The fraction of sp³-hybridized carbons (Fsp3) is 0.284. The second-order valence-corrected chi connectivity index (χ2v) is 90.7. The van der Waals surface area contributed by atoms with Crippen LogP contribution in [0.2, 0.25) is 20.1 Å². The van der Waals surface area contributed by atoms with Gasteiger partial charge in [0.15, 0.2) is 0 Å². The number of nitrogens with one attached hydrogen (secondary N) is 1. The minimum atomic E-state index is -4.90. The van der Waals surface area contributed by atoms with E-state index >= 15 is 0 Å². The molecule has 2 aromatic heterocycles. The second kappa shape index (κ2) is 73.4. The number of aryl methyl sites for hydroxylation is 2. The summed E-state index contributed by atoms with van der Waals surface area (Å²) in [6.45, 7) is 7.31. The largest absolute Gasteiger partial charge is 0.530 e. The maximum absolute atomic E-state index is 14.8. The van der Waals surface area contributed by atoms with Crippen LogP contribution in [0.15, 0.2) is 206 Å². The predicted molar refractivity (Wildman–Crippen MR) is 676 cm³/mol. The van der Waals surface area contributed by atoms with Crippen LogP contribution in [-0.2, 0) is 421 Å². The first-order valence-electron chi connectivity index (χ1n) is 41.2. The highest BCUT2D eigenvalue weighted by Crippen LogP contribution is 2.55. The first kappa shape index (κ1) is 129. The number of amides is 2. The summed E-state index contributed by atoms with van der Waals surface area (Å²) in [5.41, 5.74) is 15.7. The molecule has 10 rings (SSSR count). The van der Waals surface area contributed by atoms with Gasteiger partial charge in [-0.25, -0.2) is 18.3 Å². The van der Waals surface area contributed by atoms with Crippen molar-refractivity contribution in [1.29, 1.82) is 0 Å². The molecular weight excluding hydrogens is 2640 g/mol. The van der Waals surface area contributed by atoms with E-state index in [4.69, 9.17) is 106 Å². The summed E-state index contributed by atoms with van der Waals surface area (Å²) in [7, 11) is 37.8. The number of halogens is 4. The Kier molecular flexibility index (Phi) is 65.7. The Morgan fingerprint density at radius 3 is 0.958 bits per heavy atom. The van der Waals surface area contributed by atoms with Crippen LogP contribution >= 0.6 is 77.7 Å². The standard InChI is InChI=1S/C55H58Cl2N2O9P2.C26H32Cl2N2O9P2.S33/c1-4-17-41(2)34-51-53(47-29-33-52(49(57)35-47)68-70(62,65-38-45-22-13-7-14-23-45)66-39-46-24-15-8-16-25-46)54(55(60)58-3)50(32-28-42-26-30-48(56)31-27-42)59(51)40-67-69(61,63-36-43-18-9-5-10-19-43)64-37-44-20-11-6-12-21-44;1-3-4-16(2)13-22-24(18-8-12-23(20(28)14-18)39-41(35,36)37)25(26(29)31)21(30(22)15-38-40(32,33)34)11-7-17-5-9-19(27)10-6-17;1-3-5-7-9-11-13-15-17-19-21-23-25-27-29-31-33-32-30-28-26-24-22-20-18-16-14-12-10-8-6-4-2/h5-16,18-27,29-31,33,35,41H,4,17,28,32,34,36-40H2,1-3H3,(H,58,60);5-6,8-10,12,14,16H,3-4,7,11,13,15H2,1-2H3,(H2,29,31)(H2,32,33,34)(H2,35,36,37);. The van der Waals surface area contributed by atoms with Gasteiger partial charge in [-0.15, -0.1) is 0 Å². The topological polar surface area (TPSA) is 305 Å². The molecule has 0 aliphatic carbocycles. The zero-order valence-electron chi connectivity index (χ0n) is 75.3. The molecule has 0 aliphatic heterocycles. The van der Waals surface area contributed by atoms with Crippen molar-refractivity contribution in [3.63, 3.8) is 0 Å². The van der Waals surface area contributed by atoms with E-state index in [9.17, 15) is 47.4 Å². The highest BCUT2D eigenvalue weighted by Gasteiger charge is 2.36. The van der Waals surface area contributed by atoms with Gasteiger partial charge in [-0.05, 0) is 143 Å². The number of aromatic nitrogens is 2. The van der Waals surface area contributed by atoms with Crippen molar-refractivity contribution in [2.24, 2.45) is 17.6 Å².